The molecular formula is C13H16F2N2S. The standard InChI is InChI=1S/C13H16F2N2S/c1-8(2)12-7-17-13(18-12)16-6-9-5-10(14)3-4-11(9)15/h3-5,8,12H,6-7H2,1-2H3,(H,16,17). The van der Waals surface area contributed by atoms with Crippen molar-refractivity contribution in [1.82, 2.24) is 5.32 Å². The second-order valence-corrected chi connectivity index (χ2v) is 5.86. The van der Waals surface area contributed by atoms with Crippen molar-refractivity contribution in [2.75, 3.05) is 6.54 Å². The molecule has 2 rings (SSSR count). The van der Waals surface area contributed by atoms with Crippen LogP contribution in [-0.2, 0) is 6.54 Å². The maximum absolute atomic E-state index is 13.4. The maximum atomic E-state index is 13.4. The number of halogens is 2. The van der Waals surface area contributed by atoms with Crippen LogP contribution in [0.4, 0.5) is 8.78 Å². The molecule has 0 amide bonds. The molecule has 2 nitrogen and oxygen atoms in total. The van der Waals surface area contributed by atoms with Gasteiger partial charge in [0.1, 0.15) is 11.6 Å². The topological polar surface area (TPSA) is 24.4 Å². The van der Waals surface area contributed by atoms with Gasteiger partial charge in [-0.25, -0.2) is 8.78 Å². The molecule has 1 aliphatic rings. The van der Waals surface area contributed by atoms with Crippen LogP contribution in [0.2, 0.25) is 0 Å². The van der Waals surface area contributed by atoms with Gasteiger partial charge >= 0.3 is 0 Å². The zero-order chi connectivity index (χ0) is 13.1. The first kappa shape index (κ1) is 13.3. The van der Waals surface area contributed by atoms with E-state index >= 15 is 0 Å². The zero-order valence-corrected chi connectivity index (χ0v) is 11.2. The highest BCUT2D eigenvalue weighted by molar-refractivity contribution is 8.14. The molecule has 1 aromatic rings. The third-order valence-corrected chi connectivity index (χ3v) is 4.35. The molecule has 1 aromatic carbocycles. The van der Waals surface area contributed by atoms with E-state index in [2.05, 4.69) is 24.2 Å². The van der Waals surface area contributed by atoms with Crippen LogP contribution in [-0.4, -0.2) is 17.0 Å². The minimum Gasteiger partial charge on any atom is -0.361 e. The molecule has 0 aliphatic carbocycles. The fraction of sp³-hybridized carbons (Fsp3) is 0.462. The third-order valence-electron chi connectivity index (χ3n) is 2.86. The van der Waals surface area contributed by atoms with Crippen molar-refractivity contribution in [3.05, 3.63) is 35.4 Å². The van der Waals surface area contributed by atoms with Gasteiger partial charge < -0.3 is 5.32 Å². The van der Waals surface area contributed by atoms with Gasteiger partial charge in [-0.3, -0.25) is 4.99 Å². The number of amidine groups is 1. The average Bonchev–Trinajstić information content (AvgIpc) is 2.79. The predicted octanol–water partition coefficient (Wildman–Crippen LogP) is 3.18. The Morgan fingerprint density at radius 2 is 2.22 bits per heavy atom. The molecule has 5 heteroatoms. The van der Waals surface area contributed by atoms with Crippen molar-refractivity contribution in [2.24, 2.45) is 10.9 Å². The van der Waals surface area contributed by atoms with Crippen molar-refractivity contribution in [3.8, 4) is 0 Å². The lowest BCUT2D eigenvalue weighted by Crippen LogP contribution is -2.20. The Morgan fingerprint density at radius 3 is 2.89 bits per heavy atom. The zero-order valence-electron chi connectivity index (χ0n) is 10.4. The van der Waals surface area contributed by atoms with Gasteiger partial charge in [-0.2, -0.15) is 0 Å². The first-order valence-electron chi connectivity index (χ1n) is 5.95. The number of thioether (sulfide) groups is 1. The highest BCUT2D eigenvalue weighted by atomic mass is 32.2. The lowest BCUT2D eigenvalue weighted by atomic mass is 10.1. The van der Waals surface area contributed by atoms with Gasteiger partial charge in [0, 0.05) is 17.4 Å². The van der Waals surface area contributed by atoms with E-state index in [0.717, 1.165) is 23.8 Å². The van der Waals surface area contributed by atoms with Crippen molar-refractivity contribution in [3.63, 3.8) is 0 Å². The normalized spacial score (nSPS) is 19.2. The molecule has 1 unspecified atom stereocenters. The SMILES string of the molecule is CC(C)C1CN=C(NCc2cc(F)ccc2F)S1. The molecule has 0 saturated heterocycles. The Morgan fingerprint density at radius 1 is 1.44 bits per heavy atom. The van der Waals surface area contributed by atoms with E-state index in [-0.39, 0.29) is 6.54 Å². The first-order valence-corrected chi connectivity index (χ1v) is 6.83. The summed E-state index contributed by atoms with van der Waals surface area (Å²) >= 11 is 1.67. The van der Waals surface area contributed by atoms with E-state index in [9.17, 15) is 8.78 Å². The lowest BCUT2D eigenvalue weighted by Gasteiger charge is -2.12. The molecule has 0 fully saturated rings. The minimum atomic E-state index is -0.422. The Kier molecular flexibility index (Phi) is 4.22. The number of rotatable bonds is 3. The number of aliphatic imine (C=N–C) groups is 1. The van der Waals surface area contributed by atoms with E-state index in [1.54, 1.807) is 11.8 Å². The van der Waals surface area contributed by atoms with Crippen LogP contribution in [0.5, 0.6) is 0 Å². The van der Waals surface area contributed by atoms with Crippen molar-refractivity contribution in [1.29, 1.82) is 0 Å². The van der Waals surface area contributed by atoms with Gasteiger partial charge in [0.15, 0.2) is 5.17 Å². The Bertz CT molecular complexity index is 460. The van der Waals surface area contributed by atoms with Crippen molar-refractivity contribution >= 4 is 16.9 Å². The van der Waals surface area contributed by atoms with Gasteiger partial charge in [0.25, 0.3) is 0 Å². The molecular weight excluding hydrogens is 254 g/mol. The van der Waals surface area contributed by atoms with Crippen LogP contribution in [0.1, 0.15) is 19.4 Å². The smallest absolute Gasteiger partial charge is 0.157 e. The molecule has 1 heterocycles. The number of hydrogen-bond donors (Lipinski definition) is 1. The molecule has 0 spiro atoms. The van der Waals surface area contributed by atoms with Gasteiger partial charge in [0.2, 0.25) is 0 Å². The van der Waals surface area contributed by atoms with Crippen LogP contribution in [0.3, 0.4) is 0 Å². The maximum Gasteiger partial charge on any atom is 0.157 e. The van der Waals surface area contributed by atoms with E-state index in [0.29, 0.717) is 16.7 Å². The van der Waals surface area contributed by atoms with Crippen molar-refractivity contribution in [2.45, 2.75) is 25.6 Å². The summed E-state index contributed by atoms with van der Waals surface area (Å²) in [5.41, 5.74) is 0.325. The summed E-state index contributed by atoms with van der Waals surface area (Å²) in [4.78, 5) is 4.36. The Labute approximate surface area is 110 Å². The summed E-state index contributed by atoms with van der Waals surface area (Å²) in [7, 11) is 0. The van der Waals surface area contributed by atoms with Crippen LogP contribution in [0.15, 0.2) is 23.2 Å². The molecule has 1 atom stereocenters. The van der Waals surface area contributed by atoms with Crippen LogP contribution < -0.4 is 5.32 Å². The van der Waals surface area contributed by atoms with Gasteiger partial charge in [-0.05, 0) is 24.1 Å². The summed E-state index contributed by atoms with van der Waals surface area (Å²) in [6, 6.07) is 3.48. The highest BCUT2D eigenvalue weighted by Crippen LogP contribution is 2.26. The fourth-order valence-electron chi connectivity index (χ4n) is 1.68. The Balaban J connectivity index is 1.91. The third kappa shape index (κ3) is 3.22. The first-order chi connectivity index (χ1) is 8.56. The number of nitrogens with one attached hydrogen (secondary N) is 1. The predicted molar refractivity (Wildman–Crippen MR) is 71.7 cm³/mol. The molecule has 0 saturated carbocycles. The molecule has 0 bridgehead atoms. The minimum absolute atomic E-state index is 0.264. The summed E-state index contributed by atoms with van der Waals surface area (Å²) in [6.07, 6.45) is 0. The quantitative estimate of drug-likeness (QED) is 0.912. The van der Waals surface area contributed by atoms with Crippen LogP contribution >= 0.6 is 11.8 Å². The summed E-state index contributed by atoms with van der Waals surface area (Å²) in [6.45, 7) is 5.36. The largest absolute Gasteiger partial charge is 0.361 e. The average molecular weight is 270 g/mol. The molecule has 0 aromatic heterocycles. The Hall–Kier alpha value is -1.10. The molecule has 1 N–H and O–H groups in total. The monoisotopic (exact) mass is 270 g/mol. The van der Waals surface area contributed by atoms with Gasteiger partial charge in [-0.1, -0.05) is 25.6 Å². The van der Waals surface area contributed by atoms with Crippen LogP contribution in [0.25, 0.3) is 0 Å². The number of nitrogens with zero attached hydrogens (tertiary/aromatic N) is 1. The fourth-order valence-corrected chi connectivity index (χ4v) is 2.70. The van der Waals surface area contributed by atoms with Crippen LogP contribution in [0, 0.1) is 17.6 Å². The summed E-state index contributed by atoms with van der Waals surface area (Å²) < 4.78 is 26.4. The number of hydrogen-bond acceptors (Lipinski definition) is 3. The summed E-state index contributed by atoms with van der Waals surface area (Å²) in [5.74, 6) is -0.258. The van der Waals surface area contributed by atoms with Crippen molar-refractivity contribution < 1.29 is 8.78 Å². The molecule has 0 radical (unpaired) electrons. The second kappa shape index (κ2) is 5.69. The molecule has 1 aliphatic heterocycles. The van der Waals surface area contributed by atoms with Gasteiger partial charge in [0.05, 0.1) is 6.54 Å². The van der Waals surface area contributed by atoms with E-state index < -0.39 is 11.6 Å². The number of benzene rings is 1. The van der Waals surface area contributed by atoms with E-state index in [4.69, 9.17) is 0 Å². The van der Waals surface area contributed by atoms with Gasteiger partial charge in [-0.15, -0.1) is 0 Å². The molecule has 18 heavy (non-hydrogen) atoms. The lowest BCUT2D eigenvalue weighted by molar-refractivity contribution is 0.582. The van der Waals surface area contributed by atoms with E-state index in [1.807, 2.05) is 0 Å². The van der Waals surface area contributed by atoms with E-state index in [1.165, 1.54) is 6.07 Å². The summed E-state index contributed by atoms with van der Waals surface area (Å²) in [5, 5.41) is 4.35. The highest BCUT2D eigenvalue weighted by Gasteiger charge is 2.22. The second-order valence-electron chi connectivity index (χ2n) is 4.64. The molecule has 98 valence electrons.